The van der Waals surface area contributed by atoms with Crippen molar-refractivity contribution in [1.29, 1.82) is 5.53 Å². The molecule has 4 rings (SSSR count). The summed E-state index contributed by atoms with van der Waals surface area (Å²) >= 11 is 7.27. The van der Waals surface area contributed by atoms with Crippen LogP contribution in [0, 0.1) is 13.8 Å². The zero-order valence-corrected chi connectivity index (χ0v) is 24.9. The summed E-state index contributed by atoms with van der Waals surface area (Å²) < 4.78 is 59.0. The Bertz CT molecular complexity index is 1450. The number of rotatable bonds is 7. The fraction of sp³-hybridized carbons (Fsp3) is 0.652. The van der Waals surface area contributed by atoms with Crippen LogP contribution in [-0.4, -0.2) is 97.7 Å². The predicted molar refractivity (Wildman–Crippen MR) is 164 cm³/mol. The van der Waals surface area contributed by atoms with Gasteiger partial charge in [-0.2, -0.15) is 0 Å². The number of ether oxygens (including phenoxy) is 3. The summed E-state index contributed by atoms with van der Waals surface area (Å²) in [6.45, 7) is 5.71. The molecule has 0 spiro atoms. The zero-order chi connectivity index (χ0) is 36.0. The number of H-pyrrole nitrogens is 2. The zero-order valence-electron chi connectivity index (χ0n) is 29.1. The van der Waals surface area contributed by atoms with Gasteiger partial charge in [-0.3, -0.25) is 28.7 Å². The lowest BCUT2D eigenvalue weighted by Crippen LogP contribution is -2.33. The van der Waals surface area contributed by atoms with Crippen LogP contribution in [0.25, 0.3) is 0 Å². The maximum atomic E-state index is 11.8. The summed E-state index contributed by atoms with van der Waals surface area (Å²) in [5.74, 6) is 0. The van der Waals surface area contributed by atoms with Gasteiger partial charge in [0.1, 0.15) is 24.7 Å². The molecule has 2 aromatic rings. The van der Waals surface area contributed by atoms with E-state index in [0.717, 1.165) is 0 Å². The summed E-state index contributed by atoms with van der Waals surface area (Å²) in [7, 11) is -1.46. The maximum Gasteiger partial charge on any atom is 0.330 e. The van der Waals surface area contributed by atoms with Crippen LogP contribution in [0.5, 0.6) is 0 Å². The van der Waals surface area contributed by atoms with Crippen LogP contribution in [0.15, 0.2) is 31.6 Å². The second-order valence-electron chi connectivity index (χ2n) is 8.80. The van der Waals surface area contributed by atoms with Crippen molar-refractivity contribution in [3.05, 3.63) is 65.2 Å². The summed E-state index contributed by atoms with van der Waals surface area (Å²) in [6, 6.07) is 0. The van der Waals surface area contributed by atoms with E-state index in [1.807, 2.05) is 0 Å². The van der Waals surface area contributed by atoms with E-state index in [1.165, 1.54) is 21.5 Å². The molecule has 0 amide bonds. The Labute approximate surface area is 257 Å². The number of methoxy groups -OCH3 is 1. The average Bonchev–Trinajstić information content (AvgIpc) is 3.59. The molecule has 4 heterocycles. The monoisotopic (exact) mass is 627 g/mol. The number of thiol groups is 2. The molecule has 0 saturated carbocycles. The van der Waals surface area contributed by atoms with Gasteiger partial charge in [-0.15, -0.1) is 0 Å². The van der Waals surface area contributed by atoms with Gasteiger partial charge in [-0.1, -0.05) is 13.6 Å². The van der Waals surface area contributed by atoms with Crippen molar-refractivity contribution in [2.75, 3.05) is 20.3 Å². The Hall–Kier alpha value is -2.05. The van der Waals surface area contributed by atoms with Crippen LogP contribution >= 0.6 is 25.0 Å². The van der Waals surface area contributed by atoms with Crippen molar-refractivity contribution in [2.45, 2.75) is 77.2 Å². The number of aliphatic hydroxyl groups is 3. The molecule has 0 aromatic carbocycles. The van der Waals surface area contributed by atoms with Crippen molar-refractivity contribution in [3.8, 4) is 0 Å². The number of aryl methyl sites for hydroxylation is 2. The van der Waals surface area contributed by atoms with Crippen LogP contribution in [0.4, 0.5) is 0 Å². The smallest absolute Gasteiger partial charge is 0.330 e. The molecule has 0 radical (unpaired) electrons. The van der Waals surface area contributed by atoms with E-state index in [4.69, 9.17) is 27.6 Å². The summed E-state index contributed by atoms with van der Waals surface area (Å²) in [5.41, 5.74) is -1.36. The molecule has 2 fully saturated rings. The standard InChI is InChI=1S/C11H16N2O5.C10H14N2O5.2CH5BS/c1-6-4-13(11(16)12-10(6)15)9-3-7(14)8(18-9)5-17-2;1-5-3-12(10(16)11-9(5)15)8-2-6(14)7(4-13)17-8;2*1-2-3/h4,7-9,14H,3,5H2,1-2H3,(H,12,15,16);3,6-8,13-14H,2,4H2,1H3,(H,11,15,16);2*2-3H,1H3/i2TD,14T;14T;2*2D. The van der Waals surface area contributed by atoms with Crippen molar-refractivity contribution >= 4 is 38.0 Å². The Kier molecular flexibility index (Phi) is 12.5. The normalized spacial score (nSPS) is 27.4. The third-order valence-electron chi connectivity index (χ3n) is 5.71. The minimum Gasteiger partial charge on any atom is -0.394 e. The van der Waals surface area contributed by atoms with Crippen LogP contribution in [0.2, 0.25) is 13.6 Å². The van der Waals surface area contributed by atoms with Crippen LogP contribution < -0.4 is 22.5 Å². The first kappa shape index (κ1) is 27.8. The Morgan fingerprint density at radius 3 is 1.80 bits per heavy atom. The van der Waals surface area contributed by atoms with Crippen molar-refractivity contribution < 1.29 is 32.3 Å². The molecular weight excluding hydrogens is 578 g/mol. The van der Waals surface area contributed by atoms with Crippen LogP contribution in [0.1, 0.15) is 39.2 Å². The molecule has 0 bridgehead atoms. The van der Waals surface area contributed by atoms with Crippen molar-refractivity contribution in [3.63, 3.8) is 0 Å². The number of hydrogen-bond acceptors (Lipinski definition) is 12. The molecule has 14 nitrogen and oxygen atoms in total. The minimum atomic E-state index is -1.46. The molecular formula is C23H40B2N4O10S2. The molecule has 2 aromatic heterocycles. The molecule has 2 aliphatic rings. The molecule has 41 heavy (non-hydrogen) atoms. The van der Waals surface area contributed by atoms with Gasteiger partial charge in [0.2, 0.25) is 2.86 Å². The van der Waals surface area contributed by atoms with Crippen molar-refractivity contribution in [2.24, 2.45) is 0 Å². The maximum absolute atomic E-state index is 11.8. The van der Waals surface area contributed by atoms with Crippen LogP contribution in [0.3, 0.4) is 0 Å². The highest BCUT2D eigenvalue weighted by Gasteiger charge is 2.36. The second-order valence-corrected chi connectivity index (χ2v) is 9.83. The fourth-order valence-corrected chi connectivity index (χ4v) is 3.75. The van der Waals surface area contributed by atoms with Gasteiger partial charge in [0, 0.05) is 43.4 Å². The molecule has 2 saturated heterocycles. The van der Waals surface area contributed by atoms with Gasteiger partial charge >= 0.3 is 11.4 Å². The number of aliphatic hydroxyl groups excluding tert-OH is 3. The van der Waals surface area contributed by atoms with Gasteiger partial charge in [0.05, 0.1) is 28.2 Å². The topological polar surface area (TPSA) is 198 Å². The van der Waals surface area contributed by atoms with E-state index in [0.29, 0.717) is 11.1 Å². The lowest BCUT2D eigenvalue weighted by Gasteiger charge is -2.15. The highest BCUT2D eigenvalue weighted by molar-refractivity contribution is 8.06. The summed E-state index contributed by atoms with van der Waals surface area (Å²) in [5, 5.41) is 18.0. The molecule has 18 heteroatoms. The van der Waals surface area contributed by atoms with Gasteiger partial charge in [-0.25, -0.2) is 34.5 Å². The van der Waals surface area contributed by atoms with E-state index >= 15 is 0 Å². The number of nitrogens with one attached hydrogen (secondary N) is 2. The molecule has 5 N–H and O–H groups in total. The number of nitrogens with zero attached hydrogens (tertiary/aromatic N) is 2. The predicted octanol–water partition coefficient (Wildman–Crippen LogP) is -1.74. The Morgan fingerprint density at radius 1 is 1.02 bits per heavy atom. The van der Waals surface area contributed by atoms with Crippen molar-refractivity contribution in [1.82, 2.24) is 19.1 Å². The van der Waals surface area contributed by atoms with E-state index in [9.17, 15) is 19.2 Å². The first-order valence-corrected chi connectivity index (χ1v) is 13.4. The Morgan fingerprint density at radius 2 is 1.44 bits per heavy atom. The summed E-state index contributed by atoms with van der Waals surface area (Å²) in [4.78, 5) is 50.4. The molecule has 230 valence electrons. The quantitative estimate of drug-likeness (QED) is 0.137. The second kappa shape index (κ2) is 18.5. The number of aromatic nitrogens is 4. The van der Waals surface area contributed by atoms with Gasteiger partial charge < -0.3 is 29.5 Å². The molecule has 7 unspecified atom stereocenters. The molecule has 7 atom stereocenters. The SMILES string of the molecule is [2H]B(C)S.[2H]B(C)S.[2H]C([3H])OCC1OC(n2cc(C)c(=O)[nH]c2=O)CC1O[3H].[3H]OC1CC(n2cc(C)c(=O)[nH]c2=O)OC1CO. The largest absolute Gasteiger partial charge is 0.394 e. The van der Waals surface area contributed by atoms with Gasteiger partial charge in [-0.05, 0) is 16.5 Å². The molecule has 0 aliphatic carbocycles. The van der Waals surface area contributed by atoms with Gasteiger partial charge in [0.15, 0.2) is 13.0 Å². The highest BCUT2D eigenvalue weighted by atomic mass is 32.1. The third-order valence-corrected chi connectivity index (χ3v) is 5.71. The summed E-state index contributed by atoms with van der Waals surface area (Å²) in [6.07, 6.45) is -0.639. The fourth-order valence-electron chi connectivity index (χ4n) is 3.75. The Balaban J connectivity index is 0.000000386. The lowest BCUT2D eigenvalue weighted by molar-refractivity contribution is -0.0547. The first-order chi connectivity index (χ1) is 21.9. The minimum absolute atomic E-state index is 0.0885. The third kappa shape index (κ3) is 10.9. The van der Waals surface area contributed by atoms with E-state index in [-0.39, 0.29) is 39.1 Å². The van der Waals surface area contributed by atoms with E-state index in [1.54, 1.807) is 27.5 Å². The van der Waals surface area contributed by atoms with Gasteiger partial charge in [0.25, 0.3) is 11.1 Å². The highest BCUT2D eigenvalue weighted by Crippen LogP contribution is 2.28. The average molecular weight is 627 g/mol. The van der Waals surface area contributed by atoms with E-state index < -0.39 is 66.4 Å². The molecule has 2 aliphatic heterocycles. The number of aromatic amines is 2. The van der Waals surface area contributed by atoms with E-state index in [2.05, 4.69) is 45.1 Å². The first-order valence-electron chi connectivity index (χ1n) is 15.5. The van der Waals surface area contributed by atoms with Crippen LogP contribution in [-0.2, 0) is 14.2 Å². The number of hydrogen-bond donors (Lipinski definition) is 7. The lowest BCUT2D eigenvalue weighted by atomic mass is 10.2.